The number of ether oxygens (including phenoxy) is 2. The molecule has 2 atom stereocenters. The van der Waals surface area contributed by atoms with Crippen LogP contribution in [0.3, 0.4) is 0 Å². The number of carboxylic acids is 1. The number of thioether (sulfide) groups is 1. The summed E-state index contributed by atoms with van der Waals surface area (Å²) in [6, 6.07) is -0.820. The van der Waals surface area contributed by atoms with Gasteiger partial charge in [0, 0.05) is 24.4 Å². The molecule has 2 unspecified atom stereocenters. The Morgan fingerprint density at radius 2 is 2.12 bits per heavy atom. The summed E-state index contributed by atoms with van der Waals surface area (Å²) in [6.07, 6.45) is -0.552. The molecular weight excluding hydrogens is 370 g/mol. The number of primary amides is 1. The zero-order valence-corrected chi connectivity index (χ0v) is 14.5. The Bertz CT molecular complexity index is 638. The van der Waals surface area contributed by atoms with E-state index in [2.05, 4.69) is 10.1 Å². The molecule has 0 aromatic carbocycles. The van der Waals surface area contributed by atoms with Crippen LogP contribution in [-0.2, 0) is 23.9 Å². The summed E-state index contributed by atoms with van der Waals surface area (Å²) in [5, 5.41) is 19.9. The molecule has 5 N–H and O–H groups in total. The molecule has 2 aliphatic heterocycles. The van der Waals surface area contributed by atoms with Crippen molar-refractivity contribution in [1.82, 2.24) is 10.2 Å². The fourth-order valence-electron chi connectivity index (χ4n) is 2.60. The molecule has 0 aliphatic carbocycles. The highest BCUT2D eigenvalue weighted by Gasteiger charge is 2.54. The maximum Gasteiger partial charge on any atom is 0.404 e. The summed E-state index contributed by atoms with van der Waals surface area (Å²) in [5.41, 5.74) is 4.89. The first-order valence-electron chi connectivity index (χ1n) is 7.67. The number of amides is 3. The molecule has 0 radical (unpaired) electrons. The Morgan fingerprint density at radius 3 is 2.73 bits per heavy atom. The predicted octanol–water partition coefficient (Wildman–Crippen LogP) is -1.43. The monoisotopic (exact) mass is 389 g/mol. The van der Waals surface area contributed by atoms with Gasteiger partial charge >= 0.3 is 12.1 Å². The lowest BCUT2D eigenvalue weighted by molar-refractivity contribution is -0.150. The molecule has 0 aromatic heterocycles. The van der Waals surface area contributed by atoms with Crippen LogP contribution >= 0.6 is 11.8 Å². The molecule has 2 heterocycles. The molecule has 0 saturated carbocycles. The molecule has 12 heteroatoms. The van der Waals surface area contributed by atoms with E-state index in [-0.39, 0.29) is 42.6 Å². The van der Waals surface area contributed by atoms with Gasteiger partial charge in [-0.1, -0.05) is 0 Å². The largest absolute Gasteiger partial charge is 0.477 e. The quantitative estimate of drug-likeness (QED) is 0.210. The number of aliphatic hydroxyl groups excluding tert-OH is 1. The van der Waals surface area contributed by atoms with E-state index >= 15 is 0 Å². The molecular formula is C14H19N3O8S. The topological polar surface area (TPSA) is 168 Å². The molecule has 1 fully saturated rings. The van der Waals surface area contributed by atoms with Gasteiger partial charge in [-0.15, -0.1) is 11.8 Å². The lowest BCUT2D eigenvalue weighted by atomic mass is 10.0. The number of aliphatic hydroxyl groups is 1. The van der Waals surface area contributed by atoms with Crippen LogP contribution in [0.2, 0.25) is 0 Å². The summed E-state index contributed by atoms with van der Waals surface area (Å²) in [6.45, 7) is -0.535. The van der Waals surface area contributed by atoms with Gasteiger partial charge in [0.1, 0.15) is 30.5 Å². The molecule has 1 saturated heterocycles. The molecule has 0 aromatic rings. The summed E-state index contributed by atoms with van der Waals surface area (Å²) in [4.78, 5) is 47.5. The maximum atomic E-state index is 12.3. The number of rotatable bonds is 9. The van der Waals surface area contributed by atoms with Crippen LogP contribution in [0.15, 0.2) is 11.3 Å². The molecule has 2 aliphatic rings. The summed E-state index contributed by atoms with van der Waals surface area (Å²) in [7, 11) is 0. The van der Waals surface area contributed by atoms with Crippen LogP contribution in [0.1, 0.15) is 12.8 Å². The Hall–Kier alpha value is -2.31. The third-order valence-electron chi connectivity index (χ3n) is 3.74. The number of carboxylic acid groups (broad SMARTS) is 1. The maximum absolute atomic E-state index is 12.3. The number of aliphatic carboxylic acids is 1. The Kier molecular flexibility index (Phi) is 6.83. The van der Waals surface area contributed by atoms with Crippen LogP contribution in [0.25, 0.3) is 0 Å². The van der Waals surface area contributed by atoms with Gasteiger partial charge in [-0.2, -0.15) is 0 Å². The van der Waals surface area contributed by atoms with Gasteiger partial charge in [0.15, 0.2) is 0 Å². The number of carbonyl (C=O) groups excluding carboxylic acids is 3. The zero-order chi connectivity index (χ0) is 19.3. The van der Waals surface area contributed by atoms with E-state index in [1.165, 1.54) is 11.8 Å². The van der Waals surface area contributed by atoms with Gasteiger partial charge in [0.2, 0.25) is 5.91 Å². The smallest absolute Gasteiger partial charge is 0.404 e. The summed E-state index contributed by atoms with van der Waals surface area (Å²) < 4.78 is 9.34. The SMILES string of the molecule is NC(=O)OCC1=C(C(=O)O)N2C(=O)C(NC(=O)CCCOCO)C2SC1. The number of nitrogens with two attached hydrogens (primary N) is 1. The number of β-lactam (4-membered cyclic amide) rings is 1. The lowest BCUT2D eigenvalue weighted by Gasteiger charge is -2.49. The highest BCUT2D eigenvalue weighted by atomic mass is 32.2. The summed E-state index contributed by atoms with van der Waals surface area (Å²) >= 11 is 1.26. The lowest BCUT2D eigenvalue weighted by Crippen LogP contribution is -2.70. The third-order valence-corrected chi connectivity index (χ3v) is 5.08. The van der Waals surface area contributed by atoms with Crippen molar-refractivity contribution >= 4 is 35.6 Å². The van der Waals surface area contributed by atoms with Crippen molar-refractivity contribution in [2.75, 3.05) is 25.8 Å². The van der Waals surface area contributed by atoms with E-state index in [1.807, 2.05) is 0 Å². The van der Waals surface area contributed by atoms with Crippen molar-refractivity contribution in [3.8, 4) is 0 Å². The highest BCUT2D eigenvalue weighted by molar-refractivity contribution is 8.00. The van der Waals surface area contributed by atoms with E-state index in [0.29, 0.717) is 6.42 Å². The van der Waals surface area contributed by atoms with Crippen molar-refractivity contribution in [2.24, 2.45) is 5.73 Å². The highest BCUT2D eigenvalue weighted by Crippen LogP contribution is 2.40. The van der Waals surface area contributed by atoms with Crippen molar-refractivity contribution in [3.05, 3.63) is 11.3 Å². The van der Waals surface area contributed by atoms with Crippen LogP contribution in [-0.4, -0.2) is 76.2 Å². The fourth-order valence-corrected chi connectivity index (χ4v) is 3.92. The second kappa shape index (κ2) is 8.87. The Balaban J connectivity index is 1.99. The van der Waals surface area contributed by atoms with Crippen LogP contribution < -0.4 is 11.1 Å². The molecule has 26 heavy (non-hydrogen) atoms. The molecule has 3 amide bonds. The normalized spacial score (nSPS) is 21.7. The van der Waals surface area contributed by atoms with Crippen molar-refractivity contribution in [3.63, 3.8) is 0 Å². The second-order valence-electron chi connectivity index (χ2n) is 5.46. The number of hydrogen-bond donors (Lipinski definition) is 4. The van der Waals surface area contributed by atoms with E-state index in [4.69, 9.17) is 15.6 Å². The van der Waals surface area contributed by atoms with Gasteiger partial charge in [0.05, 0.1) is 0 Å². The number of hydrogen-bond acceptors (Lipinski definition) is 8. The van der Waals surface area contributed by atoms with Gasteiger partial charge in [-0.05, 0) is 6.42 Å². The first kappa shape index (κ1) is 20.0. The fraction of sp³-hybridized carbons (Fsp3) is 0.571. The number of nitrogens with one attached hydrogen (secondary N) is 1. The third kappa shape index (κ3) is 4.45. The van der Waals surface area contributed by atoms with Crippen molar-refractivity contribution in [1.29, 1.82) is 0 Å². The van der Waals surface area contributed by atoms with Gasteiger partial charge in [-0.25, -0.2) is 9.59 Å². The number of nitrogens with zero attached hydrogens (tertiary/aromatic N) is 1. The van der Waals surface area contributed by atoms with E-state index in [9.17, 15) is 24.3 Å². The Morgan fingerprint density at radius 1 is 1.38 bits per heavy atom. The first-order chi connectivity index (χ1) is 12.4. The molecule has 2 rings (SSSR count). The number of fused-ring (bicyclic) bond motifs is 1. The predicted molar refractivity (Wildman–Crippen MR) is 87.5 cm³/mol. The van der Waals surface area contributed by atoms with Gasteiger partial charge < -0.3 is 30.7 Å². The first-order valence-corrected chi connectivity index (χ1v) is 8.72. The van der Waals surface area contributed by atoms with Crippen LogP contribution in [0.4, 0.5) is 4.79 Å². The van der Waals surface area contributed by atoms with Crippen molar-refractivity contribution in [2.45, 2.75) is 24.3 Å². The van der Waals surface area contributed by atoms with E-state index in [1.54, 1.807) is 0 Å². The molecule has 11 nitrogen and oxygen atoms in total. The Labute approximate surface area is 152 Å². The second-order valence-corrected chi connectivity index (χ2v) is 6.57. The molecule has 0 spiro atoms. The standard InChI is InChI=1S/C14H19N3O8S/c15-14(23)25-4-7-5-26-12-9(11(20)17(12)10(7)13(21)22)16-8(19)2-1-3-24-6-18/h9,12,18H,1-6H2,(H2,15,23)(H,16,19)(H,21,22). The zero-order valence-electron chi connectivity index (χ0n) is 13.7. The van der Waals surface area contributed by atoms with E-state index in [0.717, 1.165) is 4.90 Å². The minimum Gasteiger partial charge on any atom is -0.477 e. The molecule has 0 bridgehead atoms. The average molecular weight is 389 g/mol. The average Bonchev–Trinajstić information content (AvgIpc) is 2.60. The minimum atomic E-state index is -1.32. The summed E-state index contributed by atoms with van der Waals surface area (Å²) in [5.74, 6) is -2.01. The number of carbonyl (C=O) groups is 4. The van der Waals surface area contributed by atoms with E-state index < -0.39 is 36.2 Å². The van der Waals surface area contributed by atoms with Crippen LogP contribution in [0, 0.1) is 0 Å². The van der Waals surface area contributed by atoms with Crippen LogP contribution in [0.5, 0.6) is 0 Å². The van der Waals surface area contributed by atoms with Gasteiger partial charge in [-0.3, -0.25) is 14.5 Å². The minimum absolute atomic E-state index is 0.112. The van der Waals surface area contributed by atoms with Crippen molar-refractivity contribution < 1.29 is 38.9 Å². The van der Waals surface area contributed by atoms with Gasteiger partial charge in [0.25, 0.3) is 5.91 Å². The molecule has 144 valence electrons.